The summed E-state index contributed by atoms with van der Waals surface area (Å²) in [6.45, 7) is 36.0. The maximum atomic E-state index is 9.67. The Hall–Kier alpha value is -1.91. The minimum absolute atomic E-state index is 0. The minimum atomic E-state index is -3.67. The highest BCUT2D eigenvalue weighted by Gasteiger charge is 2.49. The van der Waals surface area contributed by atoms with Crippen LogP contribution in [0, 0.1) is 27.7 Å². The molecule has 0 saturated heterocycles. The summed E-state index contributed by atoms with van der Waals surface area (Å²) < 4.78 is 33.8. The lowest BCUT2D eigenvalue weighted by atomic mass is 9.91. The van der Waals surface area contributed by atoms with E-state index in [4.69, 9.17) is 4.74 Å². The molecule has 7 heteroatoms. The van der Waals surface area contributed by atoms with Gasteiger partial charge in [-0.3, -0.25) is 12.9 Å². The molecule has 0 bridgehead atoms. The van der Waals surface area contributed by atoms with Crippen molar-refractivity contribution in [2.45, 2.75) is 114 Å². The van der Waals surface area contributed by atoms with E-state index >= 15 is 0 Å². The maximum absolute atomic E-state index is 9.67. The summed E-state index contributed by atoms with van der Waals surface area (Å²) in [6.07, 6.45) is 0. The first-order valence-corrected chi connectivity index (χ1v) is 17.4. The van der Waals surface area contributed by atoms with Crippen LogP contribution in [0.15, 0.2) is 35.4 Å². The van der Waals surface area contributed by atoms with Gasteiger partial charge in [0.15, 0.2) is 0 Å². The van der Waals surface area contributed by atoms with Crippen molar-refractivity contribution in [1.82, 2.24) is 0 Å². The third kappa shape index (κ3) is 9.07. The second-order valence-corrected chi connectivity index (χ2v) is 15.7. The first-order valence-electron chi connectivity index (χ1n) is 15.3. The lowest BCUT2D eigenvalue weighted by molar-refractivity contribution is -0.0000131. The van der Waals surface area contributed by atoms with E-state index in [2.05, 4.69) is 114 Å². The van der Waals surface area contributed by atoms with Crippen molar-refractivity contribution in [3.8, 4) is 0 Å². The van der Waals surface area contributed by atoms with E-state index in [9.17, 15) is 12.9 Å². The van der Waals surface area contributed by atoms with Crippen LogP contribution in [0.5, 0.6) is 0 Å². The molecule has 1 nitrogen and oxygen atoms in total. The number of hydrogen-bond acceptors (Lipinski definition) is 1. The largest absolute Gasteiger partial charge is 1.00 e. The highest BCUT2D eigenvalue weighted by Crippen LogP contribution is 2.66. The molecule has 4 rings (SSSR count). The van der Waals surface area contributed by atoms with E-state index in [1.165, 1.54) is 44.5 Å². The van der Waals surface area contributed by atoms with Crippen LogP contribution < -0.4 is 4.70 Å². The molecule has 2 aliphatic rings. The number of aryl methyl sites for hydroxylation is 4. The van der Waals surface area contributed by atoms with Crippen molar-refractivity contribution in [2.24, 2.45) is 0 Å². The van der Waals surface area contributed by atoms with Crippen molar-refractivity contribution in [1.29, 1.82) is 0 Å². The molecule has 0 aromatic heterocycles. The van der Waals surface area contributed by atoms with Gasteiger partial charge in [0.05, 0.1) is 5.66 Å². The molecule has 0 heterocycles. The molecule has 0 saturated carbocycles. The molecule has 242 valence electrons. The number of fused-ring (bicyclic) bond motifs is 2. The predicted molar refractivity (Wildman–Crippen MR) is 185 cm³/mol. The molecule has 43 heavy (non-hydrogen) atoms. The average Bonchev–Trinajstić information content (AvgIpc) is 3.28. The van der Waals surface area contributed by atoms with Crippen LogP contribution in [0.25, 0.3) is 11.1 Å². The van der Waals surface area contributed by atoms with Gasteiger partial charge in [0.2, 0.25) is 0 Å². The van der Waals surface area contributed by atoms with E-state index in [1.54, 1.807) is 22.3 Å². The Morgan fingerprint density at radius 2 is 1.21 bits per heavy atom. The van der Waals surface area contributed by atoms with Gasteiger partial charge >= 0.3 is 7.54 Å². The third-order valence-electron chi connectivity index (χ3n) is 9.59. The molecule has 0 spiro atoms. The van der Waals surface area contributed by atoms with Gasteiger partial charge in [-0.25, -0.2) is 0 Å². The van der Waals surface area contributed by atoms with Gasteiger partial charge in [0, 0.05) is 39.3 Å². The van der Waals surface area contributed by atoms with Crippen LogP contribution in [0.4, 0.5) is 12.9 Å². The average molecular weight is 623 g/mol. The Bertz CT molecular complexity index is 1280. The van der Waals surface area contributed by atoms with Crippen molar-refractivity contribution in [2.75, 3.05) is 19.9 Å². The summed E-state index contributed by atoms with van der Waals surface area (Å²) in [5, 5.41) is 0.300. The minimum Gasteiger partial charge on any atom is -1.00 e. The number of allylic oxidation sites excluding steroid dienone is 4. The number of ether oxygens (including phenoxy) is 1. The molecule has 0 N–H and O–H groups in total. The third-order valence-corrected chi connectivity index (χ3v) is 13.5. The molecule has 2 aliphatic carbocycles. The smallest absolute Gasteiger partial charge is 0.762 e. The van der Waals surface area contributed by atoms with Crippen LogP contribution in [0.1, 0.15) is 120 Å². The molecule has 2 aromatic carbocycles. The molecule has 3 atom stereocenters. The second-order valence-electron chi connectivity index (χ2n) is 12.2. The first-order chi connectivity index (χ1) is 19.4. The summed E-state index contributed by atoms with van der Waals surface area (Å²) in [5.74, 6) is 0.616. The Labute approximate surface area is 262 Å². The summed E-state index contributed by atoms with van der Waals surface area (Å²) in [4.78, 5) is 0. The Morgan fingerprint density at radius 3 is 1.60 bits per heavy atom. The van der Waals surface area contributed by atoms with E-state index in [-0.39, 0.29) is 4.70 Å². The highest BCUT2D eigenvalue weighted by atomic mass is 31.1. The fourth-order valence-electron chi connectivity index (χ4n) is 6.59. The highest BCUT2D eigenvalue weighted by molar-refractivity contribution is 7.59. The zero-order valence-corrected chi connectivity index (χ0v) is 30.4. The lowest BCUT2D eigenvalue weighted by Crippen LogP contribution is -3.00. The van der Waals surface area contributed by atoms with E-state index in [0.717, 1.165) is 18.9 Å². The first kappa shape index (κ1) is 41.1. The predicted octanol–water partition coefficient (Wildman–Crippen LogP) is 8.72. The van der Waals surface area contributed by atoms with Gasteiger partial charge < -0.3 is 9.44 Å². The van der Waals surface area contributed by atoms with Gasteiger partial charge in [-0.05, 0) is 146 Å². The Balaban J connectivity index is 0.000000644. The Morgan fingerprint density at radius 1 is 0.791 bits per heavy atom. The van der Waals surface area contributed by atoms with Crippen molar-refractivity contribution in [3.63, 3.8) is 0 Å². The molecular formula is C36H56BF4OP. The van der Waals surface area contributed by atoms with Gasteiger partial charge in [0.25, 0.3) is 0 Å². The molecule has 2 aromatic rings. The fraction of sp³-hybridized carbons (Fsp3) is 0.556. The number of hydrogen-bond donors (Lipinski definition) is 0. The van der Waals surface area contributed by atoms with Crippen LogP contribution >= 0.6 is 7.92 Å². The number of benzene rings is 2. The number of rotatable bonds is 4. The fourth-order valence-corrected chi connectivity index (χ4v) is 9.24. The lowest BCUT2D eigenvalue weighted by Gasteiger charge is -2.32. The molecular weight excluding hydrogens is 566 g/mol. The molecule has 0 aliphatic heterocycles. The summed E-state index contributed by atoms with van der Waals surface area (Å²) in [7, 11) is -4.14. The summed E-state index contributed by atoms with van der Waals surface area (Å²) in [5.41, 5.74) is 19.0. The van der Waals surface area contributed by atoms with Crippen molar-refractivity contribution >= 4 is 26.6 Å². The van der Waals surface area contributed by atoms with Gasteiger partial charge in [0.1, 0.15) is 5.16 Å². The summed E-state index contributed by atoms with van der Waals surface area (Å²) in [6, 6.07) is 9.08. The van der Waals surface area contributed by atoms with Crippen LogP contribution in [-0.4, -0.2) is 33.1 Å². The topological polar surface area (TPSA) is 9.23 Å². The molecule has 0 fully saturated rings. The second kappa shape index (κ2) is 17.5. The van der Waals surface area contributed by atoms with E-state index in [1.807, 2.05) is 13.8 Å². The monoisotopic (exact) mass is 622 g/mol. The van der Waals surface area contributed by atoms with E-state index in [0.29, 0.717) is 11.1 Å². The van der Waals surface area contributed by atoms with Gasteiger partial charge in [-0.2, -0.15) is 0 Å². The van der Waals surface area contributed by atoms with Gasteiger partial charge in [-0.15, -0.1) is 0 Å². The van der Waals surface area contributed by atoms with Crippen molar-refractivity contribution < 1.29 is 22.4 Å². The molecule has 0 radical (unpaired) electrons. The quantitative estimate of drug-likeness (QED) is 0.188. The van der Waals surface area contributed by atoms with Crippen LogP contribution in [0.3, 0.4) is 0 Å². The zero-order chi connectivity index (χ0) is 32.7. The normalized spacial score (nSPS) is 18.8. The summed E-state index contributed by atoms with van der Waals surface area (Å²) >= 11 is 0. The van der Waals surface area contributed by atoms with Gasteiger partial charge in [-0.1, -0.05) is 36.8 Å². The Kier molecular flexibility index (Phi) is 16.8. The zero-order valence-electron chi connectivity index (χ0n) is 29.4. The van der Waals surface area contributed by atoms with E-state index < -0.39 is 15.5 Å². The standard InChI is InChI=1S/C18H27P.C14H18.C4H10O.BF3.FH/c1-11(2)19(8)18(7)15(6)14(5)16-12(3)9-10-13(4)17(16)18;1-8-6-7-9(2)14-12(5)10(3)11(4)13(8)14;1-3-5-4-2;2-1(3)4;/h9-11H,1-8H3;6-7,11H,1-5H3;3-4H2,1-2H3;;1H. The molecule has 3 unspecified atom stereocenters. The molecule has 0 amide bonds. The number of halogens is 4. The van der Waals surface area contributed by atoms with Crippen LogP contribution in [-0.2, 0) is 9.89 Å². The van der Waals surface area contributed by atoms with Crippen molar-refractivity contribution in [3.05, 3.63) is 79.9 Å². The maximum Gasteiger partial charge on any atom is 0.762 e. The SMILES string of the molecule is CC1=C(C)C(C)([PH+](C)C(C)C)c2c(C)ccc(C)c21.CC1=C(C)C(C)c2c(C)ccc(C)c21.CCOCC.FB(F)F.[F-]. The van der Waals surface area contributed by atoms with Crippen LogP contribution in [0.2, 0.25) is 0 Å².